The summed E-state index contributed by atoms with van der Waals surface area (Å²) in [6, 6.07) is 5.12. The molecule has 0 aliphatic heterocycles. The molecule has 0 aliphatic carbocycles. The Morgan fingerprint density at radius 2 is 2.04 bits per heavy atom. The number of aromatic nitrogens is 4. The molecule has 4 rings (SSSR count). The first kappa shape index (κ1) is 17.8. The van der Waals surface area contributed by atoms with Crippen LogP contribution >= 0.6 is 11.3 Å². The third-order valence-electron chi connectivity index (χ3n) is 4.93. The number of benzene rings is 1. The van der Waals surface area contributed by atoms with Crippen LogP contribution in [0.4, 0.5) is 10.2 Å². The number of aryl methyl sites for hydroxylation is 1. The zero-order valence-electron chi connectivity index (χ0n) is 15.7. The van der Waals surface area contributed by atoms with Gasteiger partial charge in [-0.05, 0) is 17.7 Å². The second-order valence-electron chi connectivity index (χ2n) is 7.22. The Morgan fingerprint density at radius 1 is 1.26 bits per heavy atom. The maximum absolute atomic E-state index is 14.6. The molecule has 0 fully saturated rings. The summed E-state index contributed by atoms with van der Waals surface area (Å²) in [6.07, 6.45) is 1.73. The van der Waals surface area contributed by atoms with Crippen LogP contribution in [0.15, 0.2) is 24.5 Å². The summed E-state index contributed by atoms with van der Waals surface area (Å²) >= 11 is 1.37. The summed E-state index contributed by atoms with van der Waals surface area (Å²) < 4.78 is 16.6. The van der Waals surface area contributed by atoms with Crippen molar-refractivity contribution >= 4 is 38.5 Å². The number of anilines is 1. The number of nitrogens with zero attached hydrogens (tertiary/aromatic N) is 4. The number of nitrogens with one attached hydrogen (secondary N) is 1. The van der Waals surface area contributed by atoms with E-state index >= 15 is 0 Å². The standard InChI is InChI=1S/C19H21FN6S/c1-19(2,8-21)10-5-6-12(20)11(7-10)17-24-14-15-13(23-9-26(15)4)16(22-3)25-18(14)27-17/h5-7,9H,8,21H2,1-4H3,(H,22,25). The molecule has 0 spiro atoms. The maximum atomic E-state index is 14.6. The third kappa shape index (κ3) is 2.76. The first-order chi connectivity index (χ1) is 12.9. The van der Waals surface area contributed by atoms with Crippen LogP contribution in [-0.4, -0.2) is 33.1 Å². The number of nitrogens with two attached hydrogens (primary N) is 1. The first-order valence-corrected chi connectivity index (χ1v) is 9.47. The molecule has 8 heteroatoms. The second kappa shape index (κ2) is 6.24. The average Bonchev–Trinajstić information content (AvgIpc) is 3.24. The van der Waals surface area contributed by atoms with Gasteiger partial charge in [-0.1, -0.05) is 31.3 Å². The lowest BCUT2D eigenvalue weighted by molar-refractivity contribution is 0.536. The van der Waals surface area contributed by atoms with Gasteiger partial charge in [0.2, 0.25) is 0 Å². The monoisotopic (exact) mass is 384 g/mol. The van der Waals surface area contributed by atoms with E-state index in [-0.39, 0.29) is 11.2 Å². The van der Waals surface area contributed by atoms with E-state index in [9.17, 15) is 4.39 Å². The van der Waals surface area contributed by atoms with E-state index < -0.39 is 0 Å². The molecule has 3 aromatic heterocycles. The van der Waals surface area contributed by atoms with Crippen LogP contribution in [0.25, 0.3) is 32.0 Å². The van der Waals surface area contributed by atoms with Crippen LogP contribution in [0.1, 0.15) is 19.4 Å². The highest BCUT2D eigenvalue weighted by Gasteiger charge is 2.23. The summed E-state index contributed by atoms with van der Waals surface area (Å²) in [5, 5.41) is 3.67. The van der Waals surface area contributed by atoms with Crippen molar-refractivity contribution in [2.24, 2.45) is 12.8 Å². The molecule has 0 bridgehead atoms. The topological polar surface area (TPSA) is 81.7 Å². The third-order valence-corrected chi connectivity index (χ3v) is 5.92. The van der Waals surface area contributed by atoms with Crippen molar-refractivity contribution in [3.05, 3.63) is 35.9 Å². The van der Waals surface area contributed by atoms with Crippen LogP contribution in [0.5, 0.6) is 0 Å². The lowest BCUT2D eigenvalue weighted by Crippen LogP contribution is -2.28. The fourth-order valence-corrected chi connectivity index (χ4v) is 4.06. The highest BCUT2D eigenvalue weighted by molar-refractivity contribution is 7.21. The molecule has 3 N–H and O–H groups in total. The molecule has 1 aromatic carbocycles. The number of hydrogen-bond acceptors (Lipinski definition) is 6. The molecule has 140 valence electrons. The van der Waals surface area contributed by atoms with Gasteiger partial charge in [0, 0.05) is 31.6 Å². The van der Waals surface area contributed by atoms with Gasteiger partial charge < -0.3 is 15.6 Å². The van der Waals surface area contributed by atoms with Crippen molar-refractivity contribution in [1.29, 1.82) is 0 Å². The summed E-state index contributed by atoms with van der Waals surface area (Å²) in [5.74, 6) is 0.382. The van der Waals surface area contributed by atoms with Gasteiger partial charge in [-0.3, -0.25) is 0 Å². The van der Waals surface area contributed by atoms with Gasteiger partial charge in [0.1, 0.15) is 32.2 Å². The molecule has 4 aromatic rings. The Morgan fingerprint density at radius 3 is 2.74 bits per heavy atom. The first-order valence-electron chi connectivity index (χ1n) is 8.65. The molecular weight excluding hydrogens is 363 g/mol. The Kier molecular flexibility index (Phi) is 4.12. The SMILES string of the molecule is CNc1nc2sc(-c3cc(C(C)(C)CN)ccc3F)nc2c2c1ncn2C. The molecule has 6 nitrogen and oxygen atoms in total. The quantitative estimate of drug-likeness (QED) is 0.561. The van der Waals surface area contributed by atoms with Crippen LogP contribution in [0.3, 0.4) is 0 Å². The van der Waals surface area contributed by atoms with Gasteiger partial charge in [-0.25, -0.2) is 19.3 Å². The molecule has 0 amide bonds. The number of pyridine rings is 1. The highest BCUT2D eigenvalue weighted by Crippen LogP contribution is 2.37. The van der Waals surface area contributed by atoms with Crippen molar-refractivity contribution in [2.75, 3.05) is 18.9 Å². The number of thiazole rings is 1. The smallest absolute Gasteiger partial charge is 0.155 e. The van der Waals surface area contributed by atoms with Gasteiger partial charge in [-0.15, -0.1) is 0 Å². The Balaban J connectivity index is 1.97. The lowest BCUT2D eigenvalue weighted by Gasteiger charge is -2.23. The molecule has 3 heterocycles. The van der Waals surface area contributed by atoms with Crippen molar-refractivity contribution < 1.29 is 4.39 Å². The fourth-order valence-electron chi connectivity index (χ4n) is 3.10. The summed E-state index contributed by atoms with van der Waals surface area (Å²) in [4.78, 5) is 14.5. The van der Waals surface area contributed by atoms with Crippen molar-refractivity contribution in [2.45, 2.75) is 19.3 Å². The average molecular weight is 384 g/mol. The van der Waals surface area contributed by atoms with Gasteiger partial charge in [-0.2, -0.15) is 0 Å². The van der Waals surface area contributed by atoms with E-state index in [0.717, 1.165) is 26.9 Å². The van der Waals surface area contributed by atoms with Crippen LogP contribution in [0, 0.1) is 5.82 Å². The van der Waals surface area contributed by atoms with E-state index in [1.807, 2.05) is 38.6 Å². The van der Waals surface area contributed by atoms with Crippen LogP contribution in [-0.2, 0) is 12.5 Å². The van der Waals surface area contributed by atoms with E-state index in [2.05, 4.69) is 15.3 Å². The van der Waals surface area contributed by atoms with Crippen molar-refractivity contribution in [1.82, 2.24) is 19.5 Å². The van der Waals surface area contributed by atoms with Crippen LogP contribution in [0.2, 0.25) is 0 Å². The van der Waals surface area contributed by atoms with E-state index in [1.54, 1.807) is 12.4 Å². The Hall–Kier alpha value is -2.58. The lowest BCUT2D eigenvalue weighted by atomic mass is 9.84. The highest BCUT2D eigenvalue weighted by atomic mass is 32.1. The molecule has 0 radical (unpaired) electrons. The van der Waals surface area contributed by atoms with E-state index in [1.165, 1.54) is 17.4 Å². The maximum Gasteiger partial charge on any atom is 0.155 e. The van der Waals surface area contributed by atoms with E-state index in [0.29, 0.717) is 22.9 Å². The van der Waals surface area contributed by atoms with Gasteiger partial charge >= 0.3 is 0 Å². The summed E-state index contributed by atoms with van der Waals surface area (Å²) in [5.41, 5.74) is 9.46. The molecule has 27 heavy (non-hydrogen) atoms. The number of halogens is 1. The Bertz CT molecular complexity index is 1160. The minimum Gasteiger partial charge on any atom is -0.371 e. The number of imidazole rings is 1. The largest absolute Gasteiger partial charge is 0.371 e. The molecular formula is C19H21FN6S. The second-order valence-corrected chi connectivity index (χ2v) is 8.20. The van der Waals surface area contributed by atoms with Gasteiger partial charge in [0.25, 0.3) is 0 Å². The molecule has 0 atom stereocenters. The molecule has 0 unspecified atom stereocenters. The molecule has 0 aliphatic rings. The zero-order valence-corrected chi connectivity index (χ0v) is 16.5. The fraction of sp³-hybridized carbons (Fsp3) is 0.316. The van der Waals surface area contributed by atoms with Crippen molar-refractivity contribution in [3.8, 4) is 10.6 Å². The predicted molar refractivity (Wildman–Crippen MR) is 109 cm³/mol. The Labute approximate surface area is 160 Å². The van der Waals surface area contributed by atoms with Gasteiger partial charge in [0.15, 0.2) is 5.82 Å². The number of rotatable bonds is 4. The van der Waals surface area contributed by atoms with E-state index in [4.69, 9.17) is 10.7 Å². The number of fused-ring (bicyclic) bond motifs is 3. The number of hydrogen-bond donors (Lipinski definition) is 2. The van der Waals surface area contributed by atoms with Crippen molar-refractivity contribution in [3.63, 3.8) is 0 Å². The van der Waals surface area contributed by atoms with Crippen LogP contribution < -0.4 is 11.1 Å². The molecule has 0 saturated heterocycles. The molecule has 0 saturated carbocycles. The zero-order chi connectivity index (χ0) is 19.3. The predicted octanol–water partition coefficient (Wildman–Crippen LogP) is 3.66. The minimum absolute atomic E-state index is 0.244. The summed E-state index contributed by atoms with van der Waals surface area (Å²) in [7, 11) is 3.72. The summed E-state index contributed by atoms with van der Waals surface area (Å²) in [6.45, 7) is 4.56. The normalized spacial score (nSPS) is 12.2. The minimum atomic E-state index is -0.305. The van der Waals surface area contributed by atoms with Gasteiger partial charge in [0.05, 0.1) is 6.33 Å².